The molecule has 3 amide bonds. The number of nitrogens with zero attached hydrogens (tertiary/aromatic N) is 4. The number of imidazole rings is 1. The normalized spacial score (nSPS) is 25.2. The Morgan fingerprint density at radius 1 is 0.825 bits per heavy atom. The molecule has 0 unspecified atom stereocenters. The van der Waals surface area contributed by atoms with Crippen molar-refractivity contribution in [3.63, 3.8) is 0 Å². The molecule has 0 bridgehead atoms. The summed E-state index contributed by atoms with van der Waals surface area (Å²) in [4.78, 5) is 68.5. The largest absolute Gasteiger partial charge is 0.469 e. The number of piperidine rings is 2. The molecule has 0 radical (unpaired) electrons. The van der Waals surface area contributed by atoms with Crippen molar-refractivity contribution in [2.24, 2.45) is 34.6 Å². The zero-order valence-electron chi connectivity index (χ0n) is 33.6. The molecule has 1 aromatic heterocycles. The number of benzene rings is 2. The van der Waals surface area contributed by atoms with Crippen LogP contribution in [0.1, 0.15) is 102 Å². The van der Waals surface area contributed by atoms with Gasteiger partial charge < -0.3 is 24.8 Å². The number of esters is 1. The van der Waals surface area contributed by atoms with Crippen LogP contribution in [0.5, 0.6) is 0 Å². The molecule has 2 aliphatic carbocycles. The fraction of sp³-hybridized carbons (Fsp3) is 0.478. The third-order valence-corrected chi connectivity index (χ3v) is 12.6. The average Bonchev–Trinajstić information content (AvgIpc) is 3.78. The van der Waals surface area contributed by atoms with Crippen LogP contribution < -0.4 is 5.32 Å². The molecule has 3 aromatic rings. The molecule has 5 aliphatic rings. The first kappa shape index (κ1) is 38.4. The second-order valence-electron chi connectivity index (χ2n) is 17.2. The highest BCUT2D eigenvalue weighted by Gasteiger charge is 2.57. The van der Waals surface area contributed by atoms with E-state index in [9.17, 15) is 19.2 Å². The van der Waals surface area contributed by atoms with Gasteiger partial charge in [0, 0.05) is 48.3 Å². The Kier molecular flexibility index (Phi) is 10.4. The lowest BCUT2D eigenvalue weighted by atomic mass is 9.89. The summed E-state index contributed by atoms with van der Waals surface area (Å²) in [5.41, 5.74) is 6.81. The number of nitrogens with one attached hydrogen (secondary N) is 2. The zero-order valence-corrected chi connectivity index (χ0v) is 33.6. The van der Waals surface area contributed by atoms with E-state index in [4.69, 9.17) is 9.73 Å². The molecule has 8 atom stereocenters. The maximum absolute atomic E-state index is 13.8. The molecule has 3 aliphatic heterocycles. The van der Waals surface area contributed by atoms with Gasteiger partial charge in [-0.05, 0) is 84.8 Å². The number of likely N-dealkylation sites (tertiary alicyclic amines) is 2. The van der Waals surface area contributed by atoms with E-state index >= 15 is 0 Å². The molecule has 296 valence electrons. The summed E-state index contributed by atoms with van der Waals surface area (Å²) in [5, 5.41) is 2.87. The van der Waals surface area contributed by atoms with Crippen molar-refractivity contribution in [2.45, 2.75) is 103 Å². The second kappa shape index (κ2) is 15.4. The predicted molar refractivity (Wildman–Crippen MR) is 216 cm³/mol. The molecule has 8 rings (SSSR count). The van der Waals surface area contributed by atoms with Gasteiger partial charge in [0.15, 0.2) is 0 Å². The minimum Gasteiger partial charge on any atom is -0.469 e. The molecule has 0 spiro atoms. The third kappa shape index (κ3) is 7.79. The van der Waals surface area contributed by atoms with Crippen molar-refractivity contribution < 1.29 is 23.9 Å². The van der Waals surface area contributed by atoms with Gasteiger partial charge in [-0.25, -0.2) is 4.98 Å². The summed E-state index contributed by atoms with van der Waals surface area (Å²) >= 11 is 0. The zero-order chi connectivity index (χ0) is 40.1. The van der Waals surface area contributed by atoms with Gasteiger partial charge in [0.2, 0.25) is 17.7 Å². The fourth-order valence-electron chi connectivity index (χ4n) is 9.19. The number of amides is 3. The van der Waals surface area contributed by atoms with Crippen molar-refractivity contribution in [2.75, 3.05) is 7.11 Å². The number of carbonyl (C=O) groups is 4. The summed E-state index contributed by atoms with van der Waals surface area (Å²) in [5.74, 6) is 7.46. The number of aliphatic imine (C=N–C) groups is 1. The van der Waals surface area contributed by atoms with Crippen molar-refractivity contribution in [1.29, 1.82) is 0 Å². The van der Waals surface area contributed by atoms with Gasteiger partial charge in [-0.15, -0.1) is 0 Å². The molecule has 2 saturated heterocycles. The van der Waals surface area contributed by atoms with E-state index in [-0.39, 0.29) is 66.1 Å². The van der Waals surface area contributed by atoms with E-state index in [0.717, 1.165) is 70.7 Å². The highest BCUT2D eigenvalue weighted by molar-refractivity contribution is 6.04. The SMILES string of the molecule is COC(=O)C[C@H](C(=O)N1[C@@H]2C[C@@H]2C[C@H]1C1=CN=C(c2ccc(C#Cc3ccc(-c4ncc([C@@H]5C[C@H]6C[C@H]6N5C(=O)[C@@H](NC(C)=O)C(C)C)[nH]4)cc3)cc2)C1)C(C)C. The molecule has 4 fully saturated rings. The number of carbonyl (C=O) groups excluding carboxylic acids is 4. The highest BCUT2D eigenvalue weighted by atomic mass is 16.5. The topological polar surface area (TPSA) is 137 Å². The van der Waals surface area contributed by atoms with E-state index < -0.39 is 12.0 Å². The minimum atomic E-state index is -0.547. The first-order valence-electron chi connectivity index (χ1n) is 20.4. The minimum absolute atomic E-state index is 0.0124. The van der Waals surface area contributed by atoms with Crippen molar-refractivity contribution >= 4 is 29.4 Å². The molecule has 11 heteroatoms. The Hall–Kier alpha value is -5.50. The summed E-state index contributed by atoms with van der Waals surface area (Å²) in [7, 11) is 1.37. The number of H-pyrrole nitrogens is 1. The van der Waals surface area contributed by atoms with Crippen LogP contribution in [0.3, 0.4) is 0 Å². The van der Waals surface area contributed by atoms with E-state index in [0.29, 0.717) is 18.3 Å². The van der Waals surface area contributed by atoms with Gasteiger partial charge >= 0.3 is 5.97 Å². The summed E-state index contributed by atoms with van der Waals surface area (Å²) < 4.78 is 4.91. The Labute approximate surface area is 334 Å². The molecule has 11 nitrogen and oxygen atoms in total. The van der Waals surface area contributed by atoms with Crippen LogP contribution in [0.15, 0.2) is 71.5 Å². The Morgan fingerprint density at radius 3 is 2.00 bits per heavy atom. The van der Waals surface area contributed by atoms with E-state index in [1.54, 1.807) is 0 Å². The van der Waals surface area contributed by atoms with E-state index in [1.165, 1.54) is 14.0 Å². The molecule has 2 aromatic carbocycles. The monoisotopic (exact) mass is 768 g/mol. The predicted octanol–water partition coefficient (Wildman–Crippen LogP) is 6.20. The lowest BCUT2D eigenvalue weighted by molar-refractivity contribution is -0.148. The molecule has 57 heavy (non-hydrogen) atoms. The third-order valence-electron chi connectivity index (χ3n) is 12.6. The van der Waals surface area contributed by atoms with Gasteiger partial charge in [0.05, 0.1) is 49.1 Å². The van der Waals surface area contributed by atoms with Crippen LogP contribution in [-0.2, 0) is 23.9 Å². The number of fused-ring (bicyclic) bond motifs is 2. The summed E-state index contributed by atoms with van der Waals surface area (Å²) in [6, 6.07) is 16.0. The number of methoxy groups -OCH3 is 1. The molecular weight excluding hydrogens is 717 g/mol. The molecule has 2 N–H and O–H groups in total. The van der Waals surface area contributed by atoms with E-state index in [1.807, 2.05) is 81.4 Å². The van der Waals surface area contributed by atoms with Gasteiger partial charge in [0.1, 0.15) is 11.9 Å². The standard InChI is InChI=1S/C46H52N6O5/c1-25(2)35(22-42(54)57-6)45(55)51-38-18-32(38)20-40(51)34-17-36(47-23-34)30-13-9-28(10-14-30)7-8-29-11-15-31(16-12-29)44-48-24-37(50-44)41-21-33-19-39(33)52(41)46(56)43(26(3)4)49-27(5)53/h9-16,23-26,32-33,35,38-41,43H,17-22H2,1-6H3,(H,48,50)(H,49,53)/t32-,33-,35+,38-,39-,40+,41+,43+/m1/s1. The fourth-order valence-corrected chi connectivity index (χ4v) is 9.19. The van der Waals surface area contributed by atoms with Crippen LogP contribution >= 0.6 is 0 Å². The maximum atomic E-state index is 13.8. The van der Waals surface area contributed by atoms with Crippen LogP contribution in [0.2, 0.25) is 0 Å². The number of ether oxygens (including phenoxy) is 1. The number of hydrogen-bond donors (Lipinski definition) is 2. The quantitative estimate of drug-likeness (QED) is 0.176. The molecule has 4 heterocycles. The summed E-state index contributed by atoms with van der Waals surface area (Å²) in [6.07, 6.45) is 8.49. The average molecular weight is 769 g/mol. The smallest absolute Gasteiger partial charge is 0.306 e. The number of rotatable bonds is 11. The van der Waals surface area contributed by atoms with Gasteiger partial charge in [-0.1, -0.05) is 63.8 Å². The van der Waals surface area contributed by atoms with Crippen LogP contribution in [0.4, 0.5) is 0 Å². The first-order chi connectivity index (χ1) is 27.4. The van der Waals surface area contributed by atoms with E-state index in [2.05, 4.69) is 44.2 Å². The lowest BCUT2D eigenvalue weighted by Crippen LogP contribution is -2.51. The van der Waals surface area contributed by atoms with Crippen LogP contribution in [0.25, 0.3) is 11.4 Å². The summed E-state index contributed by atoms with van der Waals surface area (Å²) in [6.45, 7) is 9.38. The lowest BCUT2D eigenvalue weighted by Gasteiger charge is -2.33. The highest BCUT2D eigenvalue weighted by Crippen LogP contribution is 2.54. The maximum Gasteiger partial charge on any atom is 0.306 e. The van der Waals surface area contributed by atoms with Gasteiger partial charge in [0.25, 0.3) is 0 Å². The van der Waals surface area contributed by atoms with Gasteiger partial charge in [-0.3, -0.25) is 24.2 Å². The second-order valence-corrected chi connectivity index (χ2v) is 17.2. The number of aromatic nitrogens is 2. The number of hydrogen-bond acceptors (Lipinski definition) is 7. The van der Waals surface area contributed by atoms with Crippen molar-refractivity contribution in [3.8, 4) is 23.2 Å². The molecular formula is C46H52N6O5. The first-order valence-corrected chi connectivity index (χ1v) is 20.4. The molecule has 2 saturated carbocycles. The van der Waals surface area contributed by atoms with Crippen molar-refractivity contribution in [1.82, 2.24) is 25.1 Å². The van der Waals surface area contributed by atoms with Gasteiger partial charge in [-0.2, -0.15) is 0 Å². The Bertz CT molecular complexity index is 2190. The Morgan fingerprint density at radius 2 is 1.42 bits per heavy atom. The van der Waals surface area contributed by atoms with Crippen molar-refractivity contribution in [3.05, 3.63) is 88.9 Å². The van der Waals surface area contributed by atoms with Crippen LogP contribution in [0, 0.1) is 41.4 Å². The Balaban J connectivity index is 0.878. The van der Waals surface area contributed by atoms with Crippen LogP contribution in [-0.4, -0.2) is 80.4 Å². The number of aromatic amines is 1.